The Morgan fingerprint density at radius 3 is 2.00 bits per heavy atom. The van der Waals surface area contributed by atoms with Crippen LogP contribution < -0.4 is 4.72 Å². The van der Waals surface area contributed by atoms with Crippen LogP contribution in [0.1, 0.15) is 53.4 Å². The Morgan fingerprint density at radius 1 is 1.15 bits per heavy atom. The molecule has 6 nitrogen and oxygen atoms in total. The maximum absolute atomic E-state index is 12.4. The van der Waals surface area contributed by atoms with Crippen molar-refractivity contribution >= 4 is 16.2 Å². The molecule has 0 aliphatic carbocycles. The van der Waals surface area contributed by atoms with Gasteiger partial charge in [0.2, 0.25) is 0 Å². The van der Waals surface area contributed by atoms with Crippen molar-refractivity contribution in [3.8, 4) is 0 Å². The summed E-state index contributed by atoms with van der Waals surface area (Å²) in [5.74, 6) is -0.559. The van der Waals surface area contributed by atoms with Gasteiger partial charge in [0.15, 0.2) is 0 Å². The van der Waals surface area contributed by atoms with Crippen molar-refractivity contribution in [1.82, 2.24) is 9.03 Å². The Hall–Kier alpha value is -0.660. The molecule has 1 atom stereocenters. The molecule has 0 aliphatic rings. The van der Waals surface area contributed by atoms with Crippen LogP contribution in [-0.4, -0.2) is 44.4 Å². The molecular formula is C13H28N2O4S. The second-order valence-electron chi connectivity index (χ2n) is 5.08. The van der Waals surface area contributed by atoms with Gasteiger partial charge in [-0.15, -0.1) is 0 Å². The first-order valence-electron chi connectivity index (χ1n) is 7.14. The van der Waals surface area contributed by atoms with Gasteiger partial charge < -0.3 is 4.74 Å². The highest BCUT2D eigenvalue weighted by Gasteiger charge is 2.39. The SMILES string of the molecule is CCCN(CCC)S(=O)(=O)NC(C)(CCC)C(=O)OC. The highest BCUT2D eigenvalue weighted by Crippen LogP contribution is 2.17. The smallest absolute Gasteiger partial charge is 0.326 e. The van der Waals surface area contributed by atoms with Gasteiger partial charge in [0.25, 0.3) is 10.2 Å². The van der Waals surface area contributed by atoms with Gasteiger partial charge in [-0.25, -0.2) is 0 Å². The largest absolute Gasteiger partial charge is 0.468 e. The van der Waals surface area contributed by atoms with Crippen LogP contribution in [0.25, 0.3) is 0 Å². The zero-order valence-electron chi connectivity index (χ0n) is 13.2. The molecule has 0 saturated heterocycles. The number of nitrogens with one attached hydrogen (secondary N) is 1. The van der Waals surface area contributed by atoms with Crippen molar-refractivity contribution in [3.63, 3.8) is 0 Å². The van der Waals surface area contributed by atoms with E-state index in [1.165, 1.54) is 11.4 Å². The van der Waals surface area contributed by atoms with E-state index in [1.54, 1.807) is 6.92 Å². The average Bonchev–Trinajstić information content (AvgIpc) is 2.37. The third-order valence-corrected chi connectivity index (χ3v) is 4.78. The summed E-state index contributed by atoms with van der Waals surface area (Å²) < 4.78 is 33.5. The summed E-state index contributed by atoms with van der Waals surface area (Å²) >= 11 is 0. The molecular weight excluding hydrogens is 280 g/mol. The van der Waals surface area contributed by atoms with Gasteiger partial charge in [0, 0.05) is 13.1 Å². The third-order valence-electron chi connectivity index (χ3n) is 3.03. The lowest BCUT2D eigenvalue weighted by Gasteiger charge is -2.31. The predicted molar refractivity (Wildman–Crippen MR) is 79.5 cm³/mol. The van der Waals surface area contributed by atoms with Crippen LogP contribution in [0, 0.1) is 0 Å². The number of rotatable bonds is 10. The van der Waals surface area contributed by atoms with Crippen LogP contribution in [0.2, 0.25) is 0 Å². The van der Waals surface area contributed by atoms with E-state index in [2.05, 4.69) is 4.72 Å². The summed E-state index contributed by atoms with van der Waals surface area (Å²) in [6.07, 6.45) is 2.52. The van der Waals surface area contributed by atoms with Gasteiger partial charge in [-0.1, -0.05) is 27.2 Å². The number of ether oxygens (including phenoxy) is 1. The van der Waals surface area contributed by atoms with E-state index in [4.69, 9.17) is 4.74 Å². The summed E-state index contributed by atoms with van der Waals surface area (Å²) in [6.45, 7) is 8.17. The van der Waals surface area contributed by atoms with Crippen molar-refractivity contribution in [2.24, 2.45) is 0 Å². The minimum Gasteiger partial charge on any atom is -0.468 e. The van der Waals surface area contributed by atoms with Crippen LogP contribution in [-0.2, 0) is 19.7 Å². The van der Waals surface area contributed by atoms with Gasteiger partial charge in [-0.2, -0.15) is 17.4 Å². The van der Waals surface area contributed by atoms with E-state index in [0.717, 1.165) is 12.8 Å². The number of methoxy groups -OCH3 is 1. The number of nitrogens with zero attached hydrogens (tertiary/aromatic N) is 1. The lowest BCUT2D eigenvalue weighted by atomic mass is 9.98. The molecule has 1 unspecified atom stereocenters. The Balaban J connectivity index is 5.21. The molecule has 0 spiro atoms. The first-order chi connectivity index (χ1) is 9.27. The molecule has 0 bridgehead atoms. The number of carbonyl (C=O) groups excluding carboxylic acids is 1. The highest BCUT2D eigenvalue weighted by molar-refractivity contribution is 7.87. The fourth-order valence-electron chi connectivity index (χ4n) is 2.12. The average molecular weight is 308 g/mol. The van der Waals surface area contributed by atoms with Gasteiger partial charge in [-0.05, 0) is 26.2 Å². The number of hydrogen-bond acceptors (Lipinski definition) is 4. The fraction of sp³-hybridized carbons (Fsp3) is 0.923. The standard InChI is InChI=1S/C13H28N2O4S/c1-6-9-13(4,12(16)19-5)14-20(17,18)15(10-7-2)11-8-3/h14H,6-11H2,1-5H3. The minimum atomic E-state index is -3.70. The molecule has 7 heteroatoms. The second kappa shape index (κ2) is 8.59. The second-order valence-corrected chi connectivity index (χ2v) is 6.75. The third kappa shape index (κ3) is 5.38. The Labute approximate surface area is 123 Å². The lowest BCUT2D eigenvalue weighted by molar-refractivity contribution is -0.147. The highest BCUT2D eigenvalue weighted by atomic mass is 32.2. The number of esters is 1. The van der Waals surface area contributed by atoms with Crippen LogP contribution in [0.3, 0.4) is 0 Å². The van der Waals surface area contributed by atoms with E-state index in [-0.39, 0.29) is 0 Å². The maximum Gasteiger partial charge on any atom is 0.326 e. The van der Waals surface area contributed by atoms with Gasteiger partial charge in [0.1, 0.15) is 5.54 Å². The zero-order valence-corrected chi connectivity index (χ0v) is 14.0. The number of carbonyl (C=O) groups is 1. The molecule has 0 saturated carbocycles. The lowest BCUT2D eigenvalue weighted by Crippen LogP contribution is -2.56. The van der Waals surface area contributed by atoms with Crippen molar-refractivity contribution in [2.75, 3.05) is 20.2 Å². The molecule has 0 aromatic rings. The number of hydrogen-bond donors (Lipinski definition) is 1. The summed E-state index contributed by atoms with van der Waals surface area (Å²) in [4.78, 5) is 11.9. The normalized spacial score (nSPS) is 15.1. The van der Waals surface area contributed by atoms with Crippen LogP contribution in [0.5, 0.6) is 0 Å². The van der Waals surface area contributed by atoms with Crippen LogP contribution >= 0.6 is 0 Å². The van der Waals surface area contributed by atoms with E-state index < -0.39 is 21.7 Å². The van der Waals surface area contributed by atoms with E-state index >= 15 is 0 Å². The molecule has 0 amide bonds. The van der Waals surface area contributed by atoms with Crippen LogP contribution in [0.15, 0.2) is 0 Å². The maximum atomic E-state index is 12.4. The molecule has 0 fully saturated rings. The molecule has 120 valence electrons. The fourth-order valence-corrected chi connectivity index (χ4v) is 3.85. The quantitative estimate of drug-likeness (QED) is 0.623. The van der Waals surface area contributed by atoms with Crippen molar-refractivity contribution in [3.05, 3.63) is 0 Å². The summed E-state index contributed by atoms with van der Waals surface area (Å²) in [5.41, 5.74) is -1.22. The molecule has 0 aromatic carbocycles. The Morgan fingerprint density at radius 2 is 1.65 bits per heavy atom. The Kier molecular flexibility index (Phi) is 8.30. The molecule has 0 aromatic heterocycles. The molecule has 0 heterocycles. The van der Waals surface area contributed by atoms with Crippen LogP contribution in [0.4, 0.5) is 0 Å². The molecule has 1 N–H and O–H groups in total. The molecule has 0 aliphatic heterocycles. The zero-order chi connectivity index (χ0) is 15.8. The van der Waals surface area contributed by atoms with Gasteiger partial charge >= 0.3 is 5.97 Å². The first kappa shape index (κ1) is 19.3. The Bertz CT molecular complexity index is 391. The van der Waals surface area contributed by atoms with Crippen molar-refractivity contribution in [2.45, 2.75) is 58.9 Å². The summed E-state index contributed by atoms with van der Waals surface area (Å²) in [6, 6.07) is 0. The molecule has 0 radical (unpaired) electrons. The van der Waals surface area contributed by atoms with Gasteiger partial charge in [-0.3, -0.25) is 4.79 Å². The van der Waals surface area contributed by atoms with E-state index in [9.17, 15) is 13.2 Å². The molecule has 20 heavy (non-hydrogen) atoms. The van der Waals surface area contributed by atoms with E-state index in [0.29, 0.717) is 25.9 Å². The van der Waals surface area contributed by atoms with Gasteiger partial charge in [0.05, 0.1) is 7.11 Å². The first-order valence-corrected chi connectivity index (χ1v) is 8.58. The van der Waals surface area contributed by atoms with E-state index in [1.807, 2.05) is 20.8 Å². The monoisotopic (exact) mass is 308 g/mol. The predicted octanol–water partition coefficient (Wildman–Crippen LogP) is 1.67. The summed E-state index contributed by atoms with van der Waals surface area (Å²) in [7, 11) is -2.43. The minimum absolute atomic E-state index is 0.394. The van der Waals surface area contributed by atoms with Crippen molar-refractivity contribution in [1.29, 1.82) is 0 Å². The molecule has 0 rings (SSSR count). The summed E-state index contributed by atoms with van der Waals surface area (Å²) in [5, 5.41) is 0. The topological polar surface area (TPSA) is 75.7 Å². The van der Waals surface area contributed by atoms with Crippen molar-refractivity contribution < 1.29 is 17.9 Å².